The van der Waals surface area contributed by atoms with Gasteiger partial charge in [-0.25, -0.2) is 4.57 Å². The monoisotopic (exact) mass is 636 g/mol. The zero-order valence-corrected chi connectivity index (χ0v) is 29.3. The summed E-state index contributed by atoms with van der Waals surface area (Å²) in [5.41, 5.74) is 0. The second-order valence-corrected chi connectivity index (χ2v) is 14.3. The number of phosphoric acid groups is 1. The molecule has 2 atom stereocenters. The van der Waals surface area contributed by atoms with E-state index >= 15 is 0 Å². The number of unbranched alkanes of at least 4 members (excludes halogenated alkanes) is 18. The number of hydrogen-bond acceptors (Lipinski definition) is 7. The average Bonchev–Trinajstić information content (AvgIpc) is 2.94. The number of carbonyl (C=O) groups excluding carboxylic acids is 2. The lowest BCUT2D eigenvalue weighted by atomic mass is 10.0. The molecule has 1 N–H and O–H groups in total. The Kier molecular flexibility index (Phi) is 26.7. The Bertz CT molecular complexity index is 728. The molecule has 256 valence electrons. The first-order chi connectivity index (χ1) is 20.5. The van der Waals surface area contributed by atoms with Crippen molar-refractivity contribution < 1.29 is 42.1 Å². The normalized spacial score (nSPS) is 13.9. The SMILES string of the molecule is CCCCCCCCCCCCCCCCCCCCCC(=O)OC(COC(=O)CC)COP(=O)(O)OCC[N+](C)(C)C. The van der Waals surface area contributed by atoms with Crippen LogP contribution in [0.3, 0.4) is 0 Å². The van der Waals surface area contributed by atoms with Gasteiger partial charge in [-0.05, 0) is 6.42 Å². The van der Waals surface area contributed by atoms with Crippen LogP contribution >= 0.6 is 7.82 Å². The van der Waals surface area contributed by atoms with Crippen LogP contribution < -0.4 is 0 Å². The predicted molar refractivity (Wildman–Crippen MR) is 174 cm³/mol. The molecule has 0 spiro atoms. The number of carbonyl (C=O) groups is 2. The summed E-state index contributed by atoms with van der Waals surface area (Å²) in [6.07, 6.45) is 23.9. The highest BCUT2D eigenvalue weighted by Crippen LogP contribution is 2.43. The van der Waals surface area contributed by atoms with Gasteiger partial charge in [0.15, 0.2) is 6.10 Å². The summed E-state index contributed by atoms with van der Waals surface area (Å²) in [5.74, 6) is -0.891. The lowest BCUT2D eigenvalue weighted by Crippen LogP contribution is -2.37. The van der Waals surface area contributed by atoms with E-state index in [0.29, 0.717) is 17.4 Å². The average molecular weight is 637 g/mol. The van der Waals surface area contributed by atoms with Crippen molar-refractivity contribution in [2.24, 2.45) is 0 Å². The highest BCUT2D eigenvalue weighted by atomic mass is 31.2. The standard InChI is InChI=1S/C33H66NO8P/c1-6-8-9-10-11-12-13-14-15-16-17-18-19-20-21-22-23-24-25-26-33(36)42-31(29-39-32(35)7-2)30-41-43(37,38)40-28-27-34(3,4)5/h31H,6-30H2,1-5H3/p+1. The number of ether oxygens (including phenoxy) is 2. The van der Waals surface area contributed by atoms with Crippen molar-refractivity contribution in [1.82, 2.24) is 0 Å². The molecule has 0 heterocycles. The molecule has 0 bridgehead atoms. The minimum absolute atomic E-state index is 0.0337. The van der Waals surface area contributed by atoms with Gasteiger partial charge in [-0.2, -0.15) is 0 Å². The molecule has 0 aromatic rings. The largest absolute Gasteiger partial charge is 0.472 e. The van der Waals surface area contributed by atoms with Gasteiger partial charge in [0.2, 0.25) is 0 Å². The summed E-state index contributed by atoms with van der Waals surface area (Å²) in [6, 6.07) is 0. The molecule has 0 aliphatic rings. The first-order valence-electron chi connectivity index (χ1n) is 17.3. The third-order valence-electron chi connectivity index (χ3n) is 7.44. The number of phosphoric ester groups is 1. The van der Waals surface area contributed by atoms with Crippen molar-refractivity contribution in [3.05, 3.63) is 0 Å². The van der Waals surface area contributed by atoms with Crippen LogP contribution in [0.25, 0.3) is 0 Å². The Balaban J connectivity index is 3.92. The lowest BCUT2D eigenvalue weighted by molar-refractivity contribution is -0.870. The van der Waals surface area contributed by atoms with E-state index in [1.54, 1.807) is 6.92 Å². The summed E-state index contributed by atoms with van der Waals surface area (Å²) >= 11 is 0. The van der Waals surface area contributed by atoms with Crippen LogP contribution in [0.4, 0.5) is 0 Å². The number of quaternary nitrogens is 1. The van der Waals surface area contributed by atoms with Gasteiger partial charge in [0.05, 0.1) is 27.7 Å². The van der Waals surface area contributed by atoms with E-state index < -0.39 is 32.5 Å². The van der Waals surface area contributed by atoms with Crippen LogP contribution in [-0.4, -0.2) is 74.9 Å². The maximum absolute atomic E-state index is 12.4. The Morgan fingerprint density at radius 2 is 1.09 bits per heavy atom. The zero-order valence-electron chi connectivity index (χ0n) is 28.5. The van der Waals surface area contributed by atoms with Crippen molar-refractivity contribution in [2.45, 2.75) is 155 Å². The fourth-order valence-electron chi connectivity index (χ4n) is 4.64. The Labute approximate surface area is 264 Å². The van der Waals surface area contributed by atoms with Gasteiger partial charge in [-0.3, -0.25) is 18.6 Å². The summed E-state index contributed by atoms with van der Waals surface area (Å²) in [5, 5.41) is 0. The third-order valence-corrected chi connectivity index (χ3v) is 8.43. The van der Waals surface area contributed by atoms with E-state index in [4.69, 9.17) is 18.5 Å². The van der Waals surface area contributed by atoms with Crippen molar-refractivity contribution >= 4 is 19.8 Å². The van der Waals surface area contributed by atoms with E-state index in [1.165, 1.54) is 103 Å². The van der Waals surface area contributed by atoms with E-state index in [2.05, 4.69) is 6.92 Å². The van der Waals surface area contributed by atoms with Crippen molar-refractivity contribution in [1.29, 1.82) is 0 Å². The second-order valence-electron chi connectivity index (χ2n) is 12.9. The van der Waals surface area contributed by atoms with Crippen LogP contribution in [0.1, 0.15) is 149 Å². The summed E-state index contributed by atoms with van der Waals surface area (Å²) in [6.45, 7) is 3.83. The maximum Gasteiger partial charge on any atom is 0.472 e. The lowest BCUT2D eigenvalue weighted by Gasteiger charge is -2.24. The first kappa shape index (κ1) is 42.0. The molecule has 0 saturated heterocycles. The molecule has 0 aliphatic heterocycles. The van der Waals surface area contributed by atoms with Gasteiger partial charge in [0.1, 0.15) is 19.8 Å². The van der Waals surface area contributed by atoms with Crippen molar-refractivity contribution in [3.63, 3.8) is 0 Å². The summed E-state index contributed by atoms with van der Waals surface area (Å²) in [4.78, 5) is 33.9. The molecule has 0 rings (SSSR count). The quantitative estimate of drug-likeness (QED) is 0.0349. The third kappa shape index (κ3) is 30.8. The van der Waals surface area contributed by atoms with Gasteiger partial charge in [-0.1, -0.05) is 129 Å². The van der Waals surface area contributed by atoms with E-state index in [9.17, 15) is 19.0 Å². The van der Waals surface area contributed by atoms with E-state index in [-0.39, 0.29) is 26.1 Å². The molecule has 10 heteroatoms. The Hall–Kier alpha value is -0.990. The zero-order chi connectivity index (χ0) is 32.2. The fraction of sp³-hybridized carbons (Fsp3) is 0.939. The topological polar surface area (TPSA) is 108 Å². The van der Waals surface area contributed by atoms with Crippen molar-refractivity contribution in [2.75, 3.05) is 47.5 Å². The molecule has 2 unspecified atom stereocenters. The Morgan fingerprint density at radius 3 is 1.51 bits per heavy atom. The molecule has 0 aromatic heterocycles. The fourth-order valence-corrected chi connectivity index (χ4v) is 5.38. The maximum atomic E-state index is 12.4. The van der Waals surface area contributed by atoms with Gasteiger partial charge in [0.25, 0.3) is 0 Å². The summed E-state index contributed by atoms with van der Waals surface area (Å²) < 4.78 is 33.3. The van der Waals surface area contributed by atoms with Gasteiger partial charge >= 0.3 is 19.8 Å². The van der Waals surface area contributed by atoms with Gasteiger partial charge in [-0.15, -0.1) is 0 Å². The second kappa shape index (κ2) is 27.3. The highest BCUT2D eigenvalue weighted by Gasteiger charge is 2.26. The van der Waals surface area contributed by atoms with E-state index in [1.807, 2.05) is 21.1 Å². The molecule has 43 heavy (non-hydrogen) atoms. The molecule has 0 radical (unpaired) electrons. The number of esters is 2. The summed E-state index contributed by atoms with van der Waals surface area (Å²) in [7, 11) is 1.48. The molecular weight excluding hydrogens is 569 g/mol. The molecular formula is C33H67NO8P+. The minimum Gasteiger partial charge on any atom is -0.462 e. The molecule has 0 saturated carbocycles. The van der Waals surface area contributed by atoms with Gasteiger partial charge < -0.3 is 18.9 Å². The predicted octanol–water partition coefficient (Wildman–Crippen LogP) is 8.51. The van der Waals surface area contributed by atoms with Crippen LogP contribution in [0, 0.1) is 0 Å². The van der Waals surface area contributed by atoms with Crippen LogP contribution in [0.15, 0.2) is 0 Å². The molecule has 0 aliphatic carbocycles. The smallest absolute Gasteiger partial charge is 0.462 e. The highest BCUT2D eigenvalue weighted by molar-refractivity contribution is 7.47. The number of nitrogens with zero attached hydrogens (tertiary/aromatic N) is 1. The minimum atomic E-state index is -4.33. The van der Waals surface area contributed by atoms with Crippen LogP contribution in [-0.2, 0) is 32.7 Å². The molecule has 0 amide bonds. The number of rotatable bonds is 31. The molecule has 0 aromatic carbocycles. The first-order valence-corrected chi connectivity index (χ1v) is 18.8. The Morgan fingerprint density at radius 1 is 0.651 bits per heavy atom. The molecule has 0 fully saturated rings. The number of likely N-dealkylation sites (N-methyl/N-ethyl adjacent to an activating group) is 1. The van der Waals surface area contributed by atoms with Crippen LogP contribution in [0.5, 0.6) is 0 Å². The van der Waals surface area contributed by atoms with Gasteiger partial charge in [0, 0.05) is 12.8 Å². The van der Waals surface area contributed by atoms with Crippen molar-refractivity contribution in [3.8, 4) is 0 Å². The van der Waals surface area contributed by atoms with E-state index in [0.717, 1.165) is 12.8 Å². The number of hydrogen-bond donors (Lipinski definition) is 1. The van der Waals surface area contributed by atoms with Crippen LogP contribution in [0.2, 0.25) is 0 Å². The molecule has 9 nitrogen and oxygen atoms in total.